The molecule has 1 N–H and O–H groups in total. The molecule has 0 bridgehead atoms. The van der Waals surface area contributed by atoms with Crippen molar-refractivity contribution >= 4 is 5.82 Å². The maximum atomic E-state index is 13.2. The lowest BCUT2D eigenvalue weighted by atomic mass is 9.86. The van der Waals surface area contributed by atoms with Crippen molar-refractivity contribution in [2.45, 2.75) is 24.9 Å². The van der Waals surface area contributed by atoms with E-state index in [9.17, 15) is 9.50 Å². The van der Waals surface area contributed by atoms with Crippen LogP contribution in [0.5, 0.6) is 0 Å². The van der Waals surface area contributed by atoms with Gasteiger partial charge in [0.25, 0.3) is 0 Å². The molecule has 1 aliphatic heterocycles. The molecule has 136 valence electrons. The van der Waals surface area contributed by atoms with E-state index < -0.39 is 5.60 Å². The Bertz CT molecular complexity index is 985. The van der Waals surface area contributed by atoms with Crippen LogP contribution in [0.2, 0.25) is 0 Å². The van der Waals surface area contributed by atoms with Gasteiger partial charge < -0.3 is 10.0 Å². The molecular formula is C21H19FN4O. The molecule has 3 aromatic rings. The van der Waals surface area contributed by atoms with E-state index in [0.29, 0.717) is 18.9 Å². The zero-order chi connectivity index (χ0) is 18.4. The van der Waals surface area contributed by atoms with Crippen molar-refractivity contribution in [2.24, 2.45) is 0 Å². The molecule has 3 heterocycles. The highest BCUT2D eigenvalue weighted by Gasteiger charge is 2.44. The summed E-state index contributed by atoms with van der Waals surface area (Å²) in [5.74, 6) is 1.22. The van der Waals surface area contributed by atoms with E-state index in [1.807, 2.05) is 18.2 Å². The second-order valence-electron chi connectivity index (χ2n) is 7.26. The Hall–Kier alpha value is -2.86. The quantitative estimate of drug-likeness (QED) is 0.776. The third kappa shape index (κ3) is 2.77. The van der Waals surface area contributed by atoms with Gasteiger partial charge in [0.05, 0.1) is 13.1 Å². The molecule has 1 aromatic carbocycles. The Kier molecular flexibility index (Phi) is 3.68. The number of halogens is 1. The van der Waals surface area contributed by atoms with E-state index in [1.165, 1.54) is 17.7 Å². The SMILES string of the molecule is OC1(c2ccc(F)cc2)CN(c2nc(-c3ccccn3)nc3c2CCC3)C1. The maximum Gasteiger partial charge on any atom is 0.180 e. The van der Waals surface area contributed by atoms with Gasteiger partial charge in [0.2, 0.25) is 0 Å². The molecule has 0 atom stereocenters. The summed E-state index contributed by atoms with van der Waals surface area (Å²) in [4.78, 5) is 16.0. The fourth-order valence-corrected chi connectivity index (χ4v) is 3.96. The lowest BCUT2D eigenvalue weighted by molar-refractivity contribution is 0.00691. The van der Waals surface area contributed by atoms with E-state index in [0.717, 1.165) is 42.0 Å². The van der Waals surface area contributed by atoms with Crippen LogP contribution in [0.1, 0.15) is 23.2 Å². The van der Waals surface area contributed by atoms with E-state index in [4.69, 9.17) is 9.97 Å². The first-order chi connectivity index (χ1) is 13.1. The summed E-state index contributed by atoms with van der Waals surface area (Å²) >= 11 is 0. The highest BCUT2D eigenvalue weighted by molar-refractivity contribution is 5.61. The standard InChI is InChI=1S/C21H19FN4O/c22-15-9-7-14(8-10-15)21(27)12-26(13-21)20-16-4-3-6-17(16)24-19(25-20)18-5-1-2-11-23-18/h1-2,5,7-11,27H,3-4,6,12-13H2. The van der Waals surface area contributed by atoms with Crippen LogP contribution in [-0.4, -0.2) is 33.1 Å². The predicted molar refractivity (Wildman–Crippen MR) is 99.8 cm³/mol. The number of anilines is 1. The number of aromatic nitrogens is 3. The predicted octanol–water partition coefficient (Wildman–Crippen LogP) is 2.87. The van der Waals surface area contributed by atoms with Crippen LogP contribution in [0.3, 0.4) is 0 Å². The molecule has 1 fully saturated rings. The van der Waals surface area contributed by atoms with Crippen LogP contribution in [0.25, 0.3) is 11.5 Å². The fourth-order valence-electron chi connectivity index (χ4n) is 3.96. The fraction of sp³-hybridized carbons (Fsp3) is 0.286. The first-order valence-electron chi connectivity index (χ1n) is 9.17. The smallest absolute Gasteiger partial charge is 0.180 e. The van der Waals surface area contributed by atoms with Crippen molar-refractivity contribution < 1.29 is 9.50 Å². The molecule has 0 amide bonds. The number of β-amino-alcohol motifs (C(OH)–C–C–N with tert-alkyl or cyclic N) is 1. The average molecular weight is 362 g/mol. The van der Waals surface area contributed by atoms with Gasteiger partial charge in [0.1, 0.15) is 22.9 Å². The van der Waals surface area contributed by atoms with Gasteiger partial charge in [-0.2, -0.15) is 0 Å². The summed E-state index contributed by atoms with van der Waals surface area (Å²) < 4.78 is 13.2. The third-order valence-corrected chi connectivity index (χ3v) is 5.39. The molecule has 2 aromatic heterocycles. The van der Waals surface area contributed by atoms with E-state index in [-0.39, 0.29) is 5.82 Å². The van der Waals surface area contributed by atoms with Crippen LogP contribution >= 0.6 is 0 Å². The number of hydrogen-bond acceptors (Lipinski definition) is 5. The van der Waals surface area contributed by atoms with Gasteiger partial charge in [-0.25, -0.2) is 14.4 Å². The van der Waals surface area contributed by atoms with Gasteiger partial charge in [-0.1, -0.05) is 18.2 Å². The van der Waals surface area contributed by atoms with E-state index in [1.54, 1.807) is 18.3 Å². The van der Waals surface area contributed by atoms with Crippen molar-refractivity contribution in [3.8, 4) is 11.5 Å². The summed E-state index contributed by atoms with van der Waals surface area (Å²) in [6.45, 7) is 0.869. The Morgan fingerprint density at radius 2 is 1.81 bits per heavy atom. The monoisotopic (exact) mass is 362 g/mol. The Morgan fingerprint density at radius 1 is 1.00 bits per heavy atom. The number of rotatable bonds is 3. The van der Waals surface area contributed by atoms with Gasteiger partial charge in [-0.15, -0.1) is 0 Å². The van der Waals surface area contributed by atoms with Gasteiger partial charge in [-0.3, -0.25) is 4.98 Å². The molecule has 0 unspecified atom stereocenters. The third-order valence-electron chi connectivity index (χ3n) is 5.39. The lowest BCUT2D eigenvalue weighted by Crippen LogP contribution is -2.60. The largest absolute Gasteiger partial charge is 0.381 e. The molecule has 27 heavy (non-hydrogen) atoms. The van der Waals surface area contributed by atoms with E-state index in [2.05, 4.69) is 9.88 Å². The molecule has 5 rings (SSSR count). The summed E-state index contributed by atoms with van der Waals surface area (Å²) in [6.07, 6.45) is 4.71. The molecule has 6 heteroatoms. The molecule has 1 aliphatic carbocycles. The minimum absolute atomic E-state index is 0.299. The molecule has 0 saturated carbocycles. The van der Waals surface area contributed by atoms with Gasteiger partial charge in [-0.05, 0) is 49.1 Å². The summed E-state index contributed by atoms with van der Waals surface area (Å²) in [5.41, 5.74) is 2.77. The van der Waals surface area contributed by atoms with E-state index >= 15 is 0 Å². The minimum Gasteiger partial charge on any atom is -0.381 e. The van der Waals surface area contributed by atoms with Crippen molar-refractivity contribution in [3.05, 3.63) is 71.3 Å². The summed E-state index contributed by atoms with van der Waals surface area (Å²) in [7, 11) is 0. The Morgan fingerprint density at radius 3 is 2.56 bits per heavy atom. The molecule has 0 radical (unpaired) electrons. The number of benzene rings is 1. The number of fused-ring (bicyclic) bond motifs is 1. The molecule has 0 spiro atoms. The number of pyridine rings is 1. The minimum atomic E-state index is -0.977. The Labute approximate surface area is 156 Å². The number of aliphatic hydroxyl groups is 1. The first-order valence-corrected chi connectivity index (χ1v) is 9.17. The highest BCUT2D eigenvalue weighted by Crippen LogP contribution is 2.39. The zero-order valence-electron chi connectivity index (χ0n) is 14.8. The maximum absolute atomic E-state index is 13.2. The normalized spacial score (nSPS) is 17.5. The van der Waals surface area contributed by atoms with Crippen LogP contribution in [0, 0.1) is 5.82 Å². The average Bonchev–Trinajstić information content (AvgIpc) is 3.15. The van der Waals surface area contributed by atoms with Gasteiger partial charge in [0.15, 0.2) is 5.82 Å². The van der Waals surface area contributed by atoms with Crippen molar-refractivity contribution in [2.75, 3.05) is 18.0 Å². The van der Waals surface area contributed by atoms with Crippen LogP contribution in [-0.2, 0) is 18.4 Å². The van der Waals surface area contributed by atoms with Gasteiger partial charge >= 0.3 is 0 Å². The van der Waals surface area contributed by atoms with Crippen molar-refractivity contribution in [1.29, 1.82) is 0 Å². The summed E-state index contributed by atoms with van der Waals surface area (Å²) in [5, 5.41) is 10.9. The number of aryl methyl sites for hydroxylation is 1. The van der Waals surface area contributed by atoms with Crippen LogP contribution in [0.15, 0.2) is 48.7 Å². The van der Waals surface area contributed by atoms with Crippen molar-refractivity contribution in [1.82, 2.24) is 15.0 Å². The van der Waals surface area contributed by atoms with Crippen LogP contribution < -0.4 is 4.90 Å². The molecule has 1 saturated heterocycles. The Balaban J connectivity index is 1.47. The topological polar surface area (TPSA) is 62.1 Å². The second-order valence-corrected chi connectivity index (χ2v) is 7.26. The lowest BCUT2D eigenvalue weighted by Gasteiger charge is -2.48. The van der Waals surface area contributed by atoms with Crippen LogP contribution in [0.4, 0.5) is 10.2 Å². The molecule has 2 aliphatic rings. The first kappa shape index (κ1) is 16.3. The molecule has 5 nitrogen and oxygen atoms in total. The van der Waals surface area contributed by atoms with Crippen molar-refractivity contribution in [3.63, 3.8) is 0 Å². The molecular weight excluding hydrogens is 343 g/mol. The van der Waals surface area contributed by atoms with Gasteiger partial charge in [0, 0.05) is 17.5 Å². The zero-order valence-corrected chi connectivity index (χ0v) is 14.8. The second kappa shape index (κ2) is 6.09. The highest BCUT2D eigenvalue weighted by atomic mass is 19.1. The number of nitrogens with zero attached hydrogens (tertiary/aromatic N) is 4. The summed E-state index contributed by atoms with van der Waals surface area (Å²) in [6, 6.07) is 11.8. The number of hydrogen-bond donors (Lipinski definition) is 1.